The van der Waals surface area contributed by atoms with Crippen LogP contribution in [-0.2, 0) is 12.8 Å². The van der Waals surface area contributed by atoms with Gasteiger partial charge in [-0.25, -0.2) is 0 Å². The molecule has 1 amide bonds. The summed E-state index contributed by atoms with van der Waals surface area (Å²) in [5.41, 5.74) is 4.74. The van der Waals surface area contributed by atoms with Gasteiger partial charge in [0, 0.05) is 5.56 Å². The quantitative estimate of drug-likeness (QED) is 0.882. The Bertz CT molecular complexity index is 706. The van der Waals surface area contributed by atoms with Crippen molar-refractivity contribution in [3.05, 3.63) is 64.7 Å². The molecule has 2 aromatic carbocycles. The molecule has 0 heterocycles. The smallest absolute Gasteiger partial charge is 0.251 e. The number of carbonyl (C=O) groups excluding carboxylic acids is 1. The molecule has 1 aliphatic rings. The molecule has 1 N–H and O–H groups in total. The second-order valence-corrected chi connectivity index (χ2v) is 6.39. The number of ether oxygens (including phenoxy) is 1. The molecule has 0 radical (unpaired) electrons. The number of aryl methyl sites for hydroxylation is 2. The van der Waals surface area contributed by atoms with Crippen LogP contribution in [0.3, 0.4) is 0 Å². The Balaban J connectivity index is 1.67. The van der Waals surface area contributed by atoms with E-state index in [4.69, 9.17) is 4.74 Å². The van der Waals surface area contributed by atoms with Gasteiger partial charge in [0.25, 0.3) is 5.91 Å². The summed E-state index contributed by atoms with van der Waals surface area (Å²) in [5.74, 6) is 0.736. The lowest BCUT2D eigenvalue weighted by Gasteiger charge is -2.20. The Morgan fingerprint density at radius 3 is 2.50 bits per heavy atom. The summed E-state index contributed by atoms with van der Waals surface area (Å²) in [6, 6.07) is 13.9. The summed E-state index contributed by atoms with van der Waals surface area (Å²) in [6.45, 7) is 4.61. The summed E-state index contributed by atoms with van der Waals surface area (Å²) in [4.78, 5) is 12.4. The minimum absolute atomic E-state index is 0.00343. The lowest BCUT2D eigenvalue weighted by atomic mass is 9.89. The molecule has 24 heavy (non-hydrogen) atoms. The molecule has 0 aromatic heterocycles. The van der Waals surface area contributed by atoms with Gasteiger partial charge in [-0.2, -0.15) is 0 Å². The molecule has 0 saturated heterocycles. The summed E-state index contributed by atoms with van der Waals surface area (Å²) in [6.07, 6.45) is 4.89. The Kier molecular flexibility index (Phi) is 5.19. The zero-order valence-electron chi connectivity index (χ0n) is 14.5. The van der Waals surface area contributed by atoms with Gasteiger partial charge in [-0.1, -0.05) is 18.2 Å². The Morgan fingerprint density at radius 2 is 1.79 bits per heavy atom. The molecular formula is C21H25NO2. The van der Waals surface area contributed by atoms with Crippen LogP contribution in [0.1, 0.15) is 59.8 Å². The van der Waals surface area contributed by atoms with Gasteiger partial charge < -0.3 is 10.1 Å². The number of nitrogens with one attached hydrogen (secondary N) is 1. The van der Waals surface area contributed by atoms with Gasteiger partial charge in [-0.05, 0) is 80.5 Å². The van der Waals surface area contributed by atoms with E-state index >= 15 is 0 Å². The van der Waals surface area contributed by atoms with Crippen LogP contribution in [0.25, 0.3) is 0 Å². The minimum atomic E-state index is -0.0525. The van der Waals surface area contributed by atoms with Crippen molar-refractivity contribution in [3.8, 4) is 5.75 Å². The molecule has 0 fully saturated rings. The van der Waals surface area contributed by atoms with Crippen LogP contribution in [-0.4, -0.2) is 12.5 Å². The summed E-state index contributed by atoms with van der Waals surface area (Å²) in [5, 5.41) is 3.09. The van der Waals surface area contributed by atoms with E-state index in [0.29, 0.717) is 12.2 Å². The maximum absolute atomic E-state index is 12.4. The van der Waals surface area contributed by atoms with Crippen LogP contribution in [0.4, 0.5) is 0 Å². The number of carbonyl (C=O) groups is 1. The molecule has 0 bridgehead atoms. The predicted molar refractivity (Wildman–Crippen MR) is 96.6 cm³/mol. The lowest BCUT2D eigenvalue weighted by molar-refractivity contribution is 0.0940. The maximum Gasteiger partial charge on any atom is 0.251 e. The van der Waals surface area contributed by atoms with Gasteiger partial charge in [0.05, 0.1) is 12.6 Å². The molecule has 2 aromatic rings. The highest BCUT2D eigenvalue weighted by molar-refractivity contribution is 5.94. The van der Waals surface area contributed by atoms with Gasteiger partial charge in [0.15, 0.2) is 0 Å². The zero-order chi connectivity index (χ0) is 16.9. The summed E-state index contributed by atoms with van der Waals surface area (Å²) >= 11 is 0. The van der Waals surface area contributed by atoms with Gasteiger partial charge in [-0.3, -0.25) is 4.79 Å². The number of amides is 1. The monoisotopic (exact) mass is 323 g/mol. The van der Waals surface area contributed by atoms with Gasteiger partial charge >= 0.3 is 0 Å². The van der Waals surface area contributed by atoms with Gasteiger partial charge in [0.2, 0.25) is 0 Å². The molecule has 0 aliphatic heterocycles. The second-order valence-electron chi connectivity index (χ2n) is 6.39. The number of fused-ring (bicyclic) bond motifs is 1. The zero-order valence-corrected chi connectivity index (χ0v) is 14.5. The summed E-state index contributed by atoms with van der Waals surface area (Å²) in [7, 11) is 0. The van der Waals surface area contributed by atoms with E-state index in [0.717, 1.165) is 12.2 Å². The van der Waals surface area contributed by atoms with Crippen LogP contribution < -0.4 is 10.1 Å². The predicted octanol–water partition coefficient (Wildman–Crippen LogP) is 4.46. The Labute approximate surface area is 144 Å². The molecule has 0 saturated carbocycles. The topological polar surface area (TPSA) is 38.3 Å². The highest BCUT2D eigenvalue weighted by Crippen LogP contribution is 2.25. The first kappa shape index (κ1) is 16.6. The molecule has 0 unspecified atom stereocenters. The fourth-order valence-corrected chi connectivity index (χ4v) is 3.26. The van der Waals surface area contributed by atoms with E-state index in [2.05, 4.69) is 23.5 Å². The first-order chi connectivity index (χ1) is 11.7. The SMILES string of the molecule is CCOc1ccc(C(=O)N[C@@H](C)c2ccc3c(c2)CCCC3)cc1. The lowest BCUT2D eigenvalue weighted by Crippen LogP contribution is -2.26. The van der Waals surface area contributed by atoms with Crippen molar-refractivity contribution in [1.29, 1.82) is 0 Å². The van der Waals surface area contributed by atoms with Crippen molar-refractivity contribution >= 4 is 5.91 Å². The van der Waals surface area contributed by atoms with Crippen LogP contribution in [0, 0.1) is 0 Å². The molecule has 1 atom stereocenters. The number of hydrogen-bond donors (Lipinski definition) is 1. The van der Waals surface area contributed by atoms with Crippen molar-refractivity contribution in [2.24, 2.45) is 0 Å². The molecule has 3 nitrogen and oxygen atoms in total. The van der Waals surface area contributed by atoms with Crippen LogP contribution >= 0.6 is 0 Å². The van der Waals surface area contributed by atoms with Crippen molar-refractivity contribution < 1.29 is 9.53 Å². The Hall–Kier alpha value is -2.29. The van der Waals surface area contributed by atoms with E-state index in [1.807, 2.05) is 26.0 Å². The van der Waals surface area contributed by atoms with E-state index in [-0.39, 0.29) is 11.9 Å². The van der Waals surface area contributed by atoms with E-state index in [1.165, 1.54) is 36.0 Å². The first-order valence-corrected chi connectivity index (χ1v) is 8.83. The van der Waals surface area contributed by atoms with E-state index in [1.54, 1.807) is 12.1 Å². The fourth-order valence-electron chi connectivity index (χ4n) is 3.26. The van der Waals surface area contributed by atoms with Crippen molar-refractivity contribution in [2.45, 2.75) is 45.6 Å². The molecule has 126 valence electrons. The van der Waals surface area contributed by atoms with E-state index in [9.17, 15) is 4.79 Å². The average molecular weight is 323 g/mol. The molecule has 1 aliphatic carbocycles. The van der Waals surface area contributed by atoms with Gasteiger partial charge in [-0.15, -0.1) is 0 Å². The number of rotatable bonds is 5. The van der Waals surface area contributed by atoms with Crippen LogP contribution in [0.2, 0.25) is 0 Å². The van der Waals surface area contributed by atoms with Crippen molar-refractivity contribution in [3.63, 3.8) is 0 Å². The molecule has 0 spiro atoms. The highest BCUT2D eigenvalue weighted by Gasteiger charge is 2.15. The summed E-state index contributed by atoms with van der Waals surface area (Å²) < 4.78 is 5.41. The molecule has 3 rings (SSSR count). The Morgan fingerprint density at radius 1 is 1.08 bits per heavy atom. The largest absolute Gasteiger partial charge is 0.494 e. The van der Waals surface area contributed by atoms with E-state index < -0.39 is 0 Å². The molecular weight excluding hydrogens is 298 g/mol. The van der Waals surface area contributed by atoms with Crippen molar-refractivity contribution in [1.82, 2.24) is 5.32 Å². The van der Waals surface area contributed by atoms with Crippen LogP contribution in [0.15, 0.2) is 42.5 Å². The fraction of sp³-hybridized carbons (Fsp3) is 0.381. The van der Waals surface area contributed by atoms with Crippen molar-refractivity contribution in [2.75, 3.05) is 6.61 Å². The van der Waals surface area contributed by atoms with Crippen LogP contribution in [0.5, 0.6) is 5.75 Å². The number of benzene rings is 2. The van der Waals surface area contributed by atoms with Gasteiger partial charge in [0.1, 0.15) is 5.75 Å². The maximum atomic E-state index is 12.4. The standard InChI is InChI=1S/C21H25NO2/c1-3-24-20-12-10-17(11-13-20)21(23)22-15(2)18-9-8-16-6-4-5-7-19(16)14-18/h8-15H,3-7H2,1-2H3,(H,22,23)/t15-/m0/s1. The number of hydrogen-bond acceptors (Lipinski definition) is 2. The third-order valence-corrected chi connectivity index (χ3v) is 4.65. The third kappa shape index (κ3) is 3.78. The molecule has 3 heteroatoms. The third-order valence-electron chi connectivity index (χ3n) is 4.65. The highest BCUT2D eigenvalue weighted by atomic mass is 16.5. The minimum Gasteiger partial charge on any atom is -0.494 e. The second kappa shape index (κ2) is 7.52. The average Bonchev–Trinajstić information content (AvgIpc) is 2.62. The first-order valence-electron chi connectivity index (χ1n) is 8.83. The normalized spacial score (nSPS) is 14.6.